The lowest BCUT2D eigenvalue weighted by Gasteiger charge is -2.34. The highest BCUT2D eigenvalue weighted by atomic mass is 32.2. The predicted octanol–water partition coefficient (Wildman–Crippen LogP) is 1.96. The van der Waals surface area contributed by atoms with Crippen LogP contribution in [0.5, 0.6) is 5.75 Å². The van der Waals surface area contributed by atoms with Gasteiger partial charge in [0.2, 0.25) is 10.0 Å². The van der Waals surface area contributed by atoms with Gasteiger partial charge < -0.3 is 24.2 Å². The summed E-state index contributed by atoms with van der Waals surface area (Å²) in [5.41, 5.74) is 0.523. The zero-order valence-corrected chi connectivity index (χ0v) is 19.6. The fourth-order valence-corrected chi connectivity index (χ4v) is 5.77. The smallest absolute Gasteiger partial charge is 0.445 e. The van der Waals surface area contributed by atoms with Gasteiger partial charge in [0.25, 0.3) is 0 Å². The van der Waals surface area contributed by atoms with Gasteiger partial charge in [-0.25, -0.2) is 23.1 Å². The summed E-state index contributed by atoms with van der Waals surface area (Å²) in [7, 11) is -3.60. The van der Waals surface area contributed by atoms with Crippen LogP contribution in [0.3, 0.4) is 0 Å². The number of sulfonamides is 1. The lowest BCUT2D eigenvalue weighted by Crippen LogP contribution is -2.49. The Morgan fingerprint density at radius 2 is 1.49 bits per heavy atom. The molecule has 0 spiro atoms. The molecule has 1 aromatic rings. The summed E-state index contributed by atoms with van der Waals surface area (Å²) in [6.45, 7) is 2.49. The SMILES string of the molecule is NS(=O)(=O)C1CCN(C(=O)N2C[C@H]3CN(C(=O)OCc4ccc(OC(F)(F)F)cc4)C[C@@H]3C2)CC1. The Kier molecular flexibility index (Phi) is 7.04. The van der Waals surface area contributed by atoms with Crippen molar-refractivity contribution in [2.24, 2.45) is 17.0 Å². The number of amides is 3. The van der Waals surface area contributed by atoms with E-state index in [2.05, 4.69) is 4.74 Å². The van der Waals surface area contributed by atoms with Crippen molar-refractivity contribution in [3.8, 4) is 5.75 Å². The zero-order chi connectivity index (χ0) is 25.4. The van der Waals surface area contributed by atoms with Crippen LogP contribution in [-0.2, 0) is 21.4 Å². The van der Waals surface area contributed by atoms with Crippen LogP contribution >= 0.6 is 0 Å². The fraction of sp³-hybridized carbons (Fsp3) is 0.619. The van der Waals surface area contributed by atoms with Crippen molar-refractivity contribution in [3.05, 3.63) is 29.8 Å². The van der Waals surface area contributed by atoms with Crippen molar-refractivity contribution in [1.82, 2.24) is 14.7 Å². The van der Waals surface area contributed by atoms with Crippen molar-refractivity contribution in [1.29, 1.82) is 0 Å². The van der Waals surface area contributed by atoms with Crippen molar-refractivity contribution in [2.75, 3.05) is 39.3 Å². The van der Waals surface area contributed by atoms with E-state index in [1.807, 2.05) is 0 Å². The second-order valence-electron chi connectivity index (χ2n) is 9.13. The second-order valence-corrected chi connectivity index (χ2v) is 11.0. The number of carbonyl (C=O) groups is 2. The largest absolute Gasteiger partial charge is 0.573 e. The van der Waals surface area contributed by atoms with Gasteiger partial charge >= 0.3 is 18.5 Å². The highest BCUT2D eigenvalue weighted by Gasteiger charge is 2.44. The van der Waals surface area contributed by atoms with Crippen LogP contribution < -0.4 is 9.88 Å². The van der Waals surface area contributed by atoms with Crippen LogP contribution in [0.2, 0.25) is 0 Å². The molecule has 0 radical (unpaired) electrons. The van der Waals surface area contributed by atoms with Crippen LogP contribution in [0.1, 0.15) is 18.4 Å². The number of ether oxygens (including phenoxy) is 2. The first kappa shape index (κ1) is 25.4. The molecule has 0 saturated carbocycles. The standard InChI is InChI=1S/C21H27F3N4O6S/c22-21(23,24)34-17-3-1-14(2-4-17)13-33-20(30)28-11-15-9-27(10-16(15)12-28)19(29)26-7-5-18(6-8-26)35(25,31)32/h1-4,15-16,18H,5-13H2,(H2,25,31,32)/t15-,16-/m0/s1. The van der Waals surface area contributed by atoms with Gasteiger partial charge in [-0.05, 0) is 30.5 Å². The van der Waals surface area contributed by atoms with Gasteiger partial charge in [-0.15, -0.1) is 13.2 Å². The highest BCUT2D eigenvalue weighted by molar-refractivity contribution is 7.89. The minimum Gasteiger partial charge on any atom is -0.445 e. The average Bonchev–Trinajstić information content (AvgIpc) is 3.36. The molecule has 3 amide bonds. The first-order valence-electron chi connectivity index (χ1n) is 11.2. The van der Waals surface area contributed by atoms with E-state index in [4.69, 9.17) is 9.88 Å². The van der Waals surface area contributed by atoms with Gasteiger partial charge in [0, 0.05) is 51.1 Å². The summed E-state index contributed by atoms with van der Waals surface area (Å²) in [6.07, 6.45) is -4.64. The van der Waals surface area contributed by atoms with E-state index in [1.165, 1.54) is 12.1 Å². The van der Waals surface area contributed by atoms with Crippen LogP contribution in [0.15, 0.2) is 24.3 Å². The van der Waals surface area contributed by atoms with Crippen molar-refractivity contribution < 1.29 is 40.7 Å². The number of rotatable bonds is 4. The van der Waals surface area contributed by atoms with Crippen LogP contribution in [0, 0.1) is 11.8 Å². The molecule has 3 heterocycles. The molecule has 194 valence electrons. The van der Waals surface area contributed by atoms with Crippen LogP contribution in [-0.4, -0.2) is 86.1 Å². The highest BCUT2D eigenvalue weighted by Crippen LogP contribution is 2.32. The fourth-order valence-electron chi connectivity index (χ4n) is 4.90. The number of halogens is 3. The number of hydrogen-bond donors (Lipinski definition) is 1. The molecule has 14 heteroatoms. The average molecular weight is 521 g/mol. The number of hydrogen-bond acceptors (Lipinski definition) is 6. The number of urea groups is 1. The minimum atomic E-state index is -4.77. The summed E-state index contributed by atoms with van der Waals surface area (Å²) >= 11 is 0. The third kappa shape index (κ3) is 6.28. The molecule has 2 N–H and O–H groups in total. The number of fused-ring (bicyclic) bond motifs is 1. The Morgan fingerprint density at radius 3 is 2.00 bits per heavy atom. The molecule has 3 saturated heterocycles. The van der Waals surface area contributed by atoms with E-state index < -0.39 is 27.7 Å². The molecule has 3 fully saturated rings. The lowest BCUT2D eigenvalue weighted by molar-refractivity contribution is -0.274. The van der Waals surface area contributed by atoms with E-state index in [9.17, 15) is 31.2 Å². The minimum absolute atomic E-state index is 0.0873. The summed E-state index contributed by atoms with van der Waals surface area (Å²) in [5.74, 6) is -0.118. The molecule has 2 atom stereocenters. The first-order chi connectivity index (χ1) is 16.4. The molecule has 0 aliphatic carbocycles. The van der Waals surface area contributed by atoms with Crippen molar-refractivity contribution >= 4 is 22.1 Å². The molecule has 10 nitrogen and oxygen atoms in total. The van der Waals surface area contributed by atoms with E-state index in [0.29, 0.717) is 57.7 Å². The third-order valence-corrected chi connectivity index (χ3v) is 8.11. The van der Waals surface area contributed by atoms with Gasteiger partial charge in [-0.2, -0.15) is 0 Å². The van der Waals surface area contributed by atoms with Crippen molar-refractivity contribution in [3.63, 3.8) is 0 Å². The maximum atomic E-state index is 12.9. The van der Waals surface area contributed by atoms with Gasteiger partial charge in [-0.3, -0.25) is 0 Å². The number of alkyl halides is 3. The van der Waals surface area contributed by atoms with E-state index in [-0.39, 0.29) is 30.2 Å². The molecule has 4 rings (SSSR count). The molecule has 3 aliphatic rings. The number of likely N-dealkylation sites (tertiary alicyclic amines) is 3. The molecule has 3 aliphatic heterocycles. The molecule has 35 heavy (non-hydrogen) atoms. The summed E-state index contributed by atoms with van der Waals surface area (Å²) in [6, 6.07) is 4.96. The van der Waals surface area contributed by atoms with Gasteiger partial charge in [0.15, 0.2) is 0 Å². The van der Waals surface area contributed by atoms with Crippen LogP contribution in [0.25, 0.3) is 0 Å². The monoisotopic (exact) mass is 520 g/mol. The molecular weight excluding hydrogens is 493 g/mol. The maximum absolute atomic E-state index is 12.9. The summed E-state index contributed by atoms with van der Waals surface area (Å²) in [4.78, 5) is 30.3. The Hall–Kier alpha value is -2.74. The number of benzene rings is 1. The van der Waals surface area contributed by atoms with E-state index in [0.717, 1.165) is 12.1 Å². The van der Waals surface area contributed by atoms with E-state index >= 15 is 0 Å². The summed E-state index contributed by atoms with van der Waals surface area (Å²) in [5, 5.41) is 4.59. The number of piperidine rings is 1. The summed E-state index contributed by atoms with van der Waals surface area (Å²) < 4.78 is 68.8. The van der Waals surface area contributed by atoms with E-state index in [1.54, 1.807) is 14.7 Å². The van der Waals surface area contributed by atoms with Crippen LogP contribution in [0.4, 0.5) is 22.8 Å². The Balaban J connectivity index is 1.21. The normalized spacial score (nSPS) is 23.4. The number of nitrogens with two attached hydrogens (primary N) is 1. The first-order valence-corrected chi connectivity index (χ1v) is 12.8. The number of primary sulfonamides is 1. The molecular formula is C21H27F3N4O6S. The predicted molar refractivity (Wildman–Crippen MR) is 117 cm³/mol. The van der Waals surface area contributed by atoms with Gasteiger partial charge in [0.1, 0.15) is 12.4 Å². The quantitative estimate of drug-likeness (QED) is 0.648. The Morgan fingerprint density at radius 1 is 0.943 bits per heavy atom. The second kappa shape index (κ2) is 9.72. The molecule has 0 unspecified atom stereocenters. The van der Waals surface area contributed by atoms with Gasteiger partial charge in [-0.1, -0.05) is 12.1 Å². The third-order valence-electron chi connectivity index (χ3n) is 6.71. The maximum Gasteiger partial charge on any atom is 0.573 e. The molecule has 1 aromatic carbocycles. The molecule has 0 aromatic heterocycles. The van der Waals surface area contributed by atoms with Gasteiger partial charge in [0.05, 0.1) is 5.25 Å². The zero-order valence-electron chi connectivity index (χ0n) is 18.8. The number of carbonyl (C=O) groups excluding carboxylic acids is 2. The molecule has 0 bridgehead atoms. The topological polar surface area (TPSA) is 122 Å². The number of nitrogens with zero attached hydrogens (tertiary/aromatic N) is 3. The lowest BCUT2D eigenvalue weighted by atomic mass is 10.0. The Bertz CT molecular complexity index is 1030. The Labute approximate surface area is 200 Å². The van der Waals surface area contributed by atoms with Crippen molar-refractivity contribution in [2.45, 2.75) is 31.1 Å².